The van der Waals surface area contributed by atoms with Crippen molar-refractivity contribution in [3.63, 3.8) is 0 Å². The molecule has 3 heterocycles. The van der Waals surface area contributed by atoms with Crippen molar-refractivity contribution in [2.75, 3.05) is 10.2 Å². The number of carbonyl (C=O) groups is 1. The van der Waals surface area contributed by atoms with Gasteiger partial charge in [0.1, 0.15) is 11.6 Å². The normalized spacial score (nSPS) is 24.5. The van der Waals surface area contributed by atoms with Crippen molar-refractivity contribution in [2.24, 2.45) is 0 Å². The van der Waals surface area contributed by atoms with Gasteiger partial charge in [0.2, 0.25) is 5.91 Å². The molecule has 1 aliphatic carbocycles. The maximum absolute atomic E-state index is 12.9. The van der Waals surface area contributed by atoms with Crippen LogP contribution in [0.25, 0.3) is 0 Å². The van der Waals surface area contributed by atoms with Crippen molar-refractivity contribution in [1.29, 1.82) is 0 Å². The van der Waals surface area contributed by atoms with Crippen LogP contribution in [0.5, 0.6) is 0 Å². The number of pyridine rings is 2. The van der Waals surface area contributed by atoms with E-state index in [0.717, 1.165) is 24.2 Å². The molecule has 0 atom stereocenters. The first-order valence-corrected chi connectivity index (χ1v) is 8.52. The van der Waals surface area contributed by atoms with Gasteiger partial charge in [-0.15, -0.1) is 0 Å². The molecule has 0 saturated heterocycles. The molecule has 1 fully saturated rings. The van der Waals surface area contributed by atoms with Crippen molar-refractivity contribution in [3.8, 4) is 0 Å². The Balaban J connectivity index is 1.50. The Kier molecular flexibility index (Phi) is 3.49. The van der Waals surface area contributed by atoms with Crippen molar-refractivity contribution < 1.29 is 4.79 Å². The van der Waals surface area contributed by atoms with E-state index in [-0.39, 0.29) is 18.0 Å². The number of nitrogens with zero attached hydrogens (tertiary/aromatic N) is 3. The number of anilines is 2. The van der Waals surface area contributed by atoms with Gasteiger partial charge in [0.25, 0.3) is 0 Å². The first-order valence-electron chi connectivity index (χ1n) is 8.14. The van der Waals surface area contributed by atoms with E-state index in [1.165, 1.54) is 0 Å². The van der Waals surface area contributed by atoms with Crippen LogP contribution in [0.15, 0.2) is 36.7 Å². The van der Waals surface area contributed by atoms with Gasteiger partial charge in [0, 0.05) is 30.0 Å². The summed E-state index contributed by atoms with van der Waals surface area (Å²) < 4.78 is 0. The lowest BCUT2D eigenvalue weighted by Gasteiger charge is -2.41. The molecule has 4 rings (SSSR count). The number of fused-ring (bicyclic) bond motifs is 1. The molecule has 6 heteroatoms. The van der Waals surface area contributed by atoms with Crippen LogP contribution in [0.2, 0.25) is 5.02 Å². The monoisotopic (exact) mass is 342 g/mol. The zero-order valence-electron chi connectivity index (χ0n) is 13.7. The largest absolute Gasteiger partial charge is 0.366 e. The number of halogens is 1. The molecule has 2 aromatic rings. The second kappa shape index (κ2) is 5.45. The number of hydrogen-bond acceptors (Lipinski definition) is 4. The highest BCUT2D eigenvalue weighted by molar-refractivity contribution is 6.32. The van der Waals surface area contributed by atoms with Gasteiger partial charge in [-0.3, -0.25) is 9.69 Å². The van der Waals surface area contributed by atoms with E-state index in [9.17, 15) is 4.79 Å². The number of carbonyl (C=O) groups excluding carboxylic acids is 1. The highest BCUT2D eigenvalue weighted by Gasteiger charge is 2.50. The third-order valence-electron chi connectivity index (χ3n) is 5.02. The minimum Gasteiger partial charge on any atom is -0.366 e. The first-order chi connectivity index (χ1) is 11.5. The van der Waals surface area contributed by atoms with Crippen LogP contribution in [0.4, 0.5) is 11.6 Å². The summed E-state index contributed by atoms with van der Waals surface area (Å²) in [6, 6.07) is 7.97. The Morgan fingerprint density at radius 2 is 1.92 bits per heavy atom. The molecule has 0 radical (unpaired) electrons. The second-order valence-electron chi connectivity index (χ2n) is 6.98. The number of rotatable bonds is 3. The van der Waals surface area contributed by atoms with E-state index < -0.39 is 5.41 Å². The molecule has 124 valence electrons. The van der Waals surface area contributed by atoms with E-state index >= 15 is 0 Å². The van der Waals surface area contributed by atoms with Crippen molar-refractivity contribution in [1.82, 2.24) is 9.97 Å². The molecule has 0 spiro atoms. The van der Waals surface area contributed by atoms with Crippen LogP contribution in [0.1, 0.15) is 32.3 Å². The first kappa shape index (κ1) is 15.4. The summed E-state index contributed by atoms with van der Waals surface area (Å²) >= 11 is 6.14. The molecule has 24 heavy (non-hydrogen) atoms. The molecular weight excluding hydrogens is 324 g/mol. The highest BCUT2D eigenvalue weighted by Crippen LogP contribution is 2.44. The fraction of sp³-hybridized carbons (Fsp3) is 0.389. The van der Waals surface area contributed by atoms with Gasteiger partial charge in [0.15, 0.2) is 0 Å². The van der Waals surface area contributed by atoms with E-state index in [0.29, 0.717) is 10.8 Å². The summed E-state index contributed by atoms with van der Waals surface area (Å²) in [5.74, 6) is 1.65. The molecule has 2 aromatic heterocycles. The summed E-state index contributed by atoms with van der Waals surface area (Å²) in [5.41, 5.74) is 0.506. The SMILES string of the molecule is CC1(C)C(=O)N(C2CC(Nc3ncccc3Cl)C2)c2ncccc21. The maximum atomic E-state index is 12.9. The topological polar surface area (TPSA) is 58.1 Å². The van der Waals surface area contributed by atoms with Gasteiger partial charge < -0.3 is 5.32 Å². The predicted octanol–water partition coefficient (Wildman–Crippen LogP) is 3.40. The molecule has 0 unspecified atom stereocenters. The van der Waals surface area contributed by atoms with Gasteiger partial charge in [-0.1, -0.05) is 17.7 Å². The van der Waals surface area contributed by atoms with Crippen LogP contribution >= 0.6 is 11.6 Å². The Bertz CT molecular complexity index is 801. The van der Waals surface area contributed by atoms with Gasteiger partial charge in [-0.2, -0.15) is 0 Å². The summed E-state index contributed by atoms with van der Waals surface area (Å²) in [6.45, 7) is 3.94. The number of hydrogen-bond donors (Lipinski definition) is 1. The average molecular weight is 343 g/mol. The Hall–Kier alpha value is -2.14. The molecule has 0 aromatic carbocycles. The van der Waals surface area contributed by atoms with Gasteiger partial charge >= 0.3 is 0 Å². The average Bonchev–Trinajstić information content (AvgIpc) is 2.73. The molecule has 1 N–H and O–H groups in total. The van der Waals surface area contributed by atoms with Gasteiger partial charge in [0.05, 0.1) is 10.4 Å². The predicted molar refractivity (Wildman–Crippen MR) is 94.4 cm³/mol. The molecule has 5 nitrogen and oxygen atoms in total. The number of aromatic nitrogens is 2. The minimum atomic E-state index is -0.508. The zero-order chi connectivity index (χ0) is 16.9. The molecule has 0 bridgehead atoms. The Morgan fingerprint density at radius 3 is 2.67 bits per heavy atom. The van der Waals surface area contributed by atoms with Gasteiger partial charge in [-0.05, 0) is 44.9 Å². The molecule has 1 saturated carbocycles. The molecule has 1 amide bonds. The maximum Gasteiger partial charge on any atom is 0.238 e. The fourth-order valence-electron chi connectivity index (χ4n) is 3.53. The standard InChI is InChI=1S/C18H19ClN4O/c1-18(2)13-5-3-8-21-16(13)23(17(18)24)12-9-11(10-12)22-15-14(19)6-4-7-20-15/h3-8,11-12H,9-10H2,1-2H3,(H,20,22). The summed E-state index contributed by atoms with van der Waals surface area (Å²) in [6.07, 6.45) is 5.20. The van der Waals surface area contributed by atoms with E-state index in [1.807, 2.05) is 43.0 Å². The zero-order valence-corrected chi connectivity index (χ0v) is 14.4. The van der Waals surface area contributed by atoms with Crippen molar-refractivity contribution in [3.05, 3.63) is 47.2 Å². The van der Waals surface area contributed by atoms with Crippen LogP contribution < -0.4 is 10.2 Å². The Labute approximate surface area is 146 Å². The summed E-state index contributed by atoms with van der Waals surface area (Å²) in [4.78, 5) is 23.5. The lowest BCUT2D eigenvalue weighted by molar-refractivity contribution is -0.122. The fourth-order valence-corrected chi connectivity index (χ4v) is 3.71. The lowest BCUT2D eigenvalue weighted by atomic mass is 9.84. The quantitative estimate of drug-likeness (QED) is 0.928. The summed E-state index contributed by atoms with van der Waals surface area (Å²) in [7, 11) is 0. The van der Waals surface area contributed by atoms with Crippen LogP contribution in [-0.2, 0) is 10.2 Å². The second-order valence-corrected chi connectivity index (χ2v) is 7.38. The molecular formula is C18H19ClN4O. The molecule has 1 aliphatic heterocycles. The summed E-state index contributed by atoms with van der Waals surface area (Å²) in [5, 5.41) is 3.98. The molecule has 2 aliphatic rings. The van der Waals surface area contributed by atoms with Crippen LogP contribution in [-0.4, -0.2) is 28.0 Å². The lowest BCUT2D eigenvalue weighted by Crippen LogP contribution is -2.53. The van der Waals surface area contributed by atoms with Gasteiger partial charge in [-0.25, -0.2) is 9.97 Å². The third-order valence-corrected chi connectivity index (χ3v) is 5.32. The highest BCUT2D eigenvalue weighted by atomic mass is 35.5. The van der Waals surface area contributed by atoms with E-state index in [2.05, 4.69) is 15.3 Å². The van der Waals surface area contributed by atoms with Crippen molar-refractivity contribution in [2.45, 2.75) is 44.2 Å². The van der Waals surface area contributed by atoms with Crippen molar-refractivity contribution >= 4 is 29.1 Å². The van der Waals surface area contributed by atoms with Crippen LogP contribution in [0.3, 0.4) is 0 Å². The number of amides is 1. The van der Waals surface area contributed by atoms with E-state index in [1.54, 1.807) is 12.4 Å². The number of nitrogens with one attached hydrogen (secondary N) is 1. The van der Waals surface area contributed by atoms with E-state index in [4.69, 9.17) is 11.6 Å². The van der Waals surface area contributed by atoms with Crippen LogP contribution in [0, 0.1) is 0 Å². The third kappa shape index (κ3) is 2.26. The smallest absolute Gasteiger partial charge is 0.238 e. The Morgan fingerprint density at radius 1 is 1.21 bits per heavy atom. The minimum absolute atomic E-state index is 0.135.